The van der Waals surface area contributed by atoms with Crippen molar-refractivity contribution in [3.63, 3.8) is 0 Å². The highest BCUT2D eigenvalue weighted by atomic mass is 16.4. The summed E-state index contributed by atoms with van der Waals surface area (Å²) in [6, 6.07) is 8.82. The van der Waals surface area contributed by atoms with Gasteiger partial charge in [-0.1, -0.05) is 30.3 Å². The summed E-state index contributed by atoms with van der Waals surface area (Å²) in [5.74, 6) is -1.83. The standard InChI is InChI=1S/C11H14O3/c1-8(10(12)13)11(2,14)9-6-4-3-5-7-9/h3-8,14H,1-2H3,(H,12,13). The Morgan fingerprint density at radius 1 is 1.36 bits per heavy atom. The molecule has 1 rings (SSSR count). The van der Waals surface area contributed by atoms with E-state index in [0.717, 1.165) is 0 Å². The van der Waals surface area contributed by atoms with Gasteiger partial charge in [0.05, 0.1) is 11.5 Å². The van der Waals surface area contributed by atoms with Crippen LogP contribution in [0.5, 0.6) is 0 Å². The van der Waals surface area contributed by atoms with Crippen molar-refractivity contribution in [3.05, 3.63) is 35.9 Å². The molecule has 0 spiro atoms. The topological polar surface area (TPSA) is 57.5 Å². The molecule has 0 amide bonds. The van der Waals surface area contributed by atoms with Gasteiger partial charge in [-0.25, -0.2) is 0 Å². The average molecular weight is 194 g/mol. The van der Waals surface area contributed by atoms with Gasteiger partial charge in [0, 0.05) is 0 Å². The second-order valence-corrected chi connectivity index (χ2v) is 3.57. The Kier molecular flexibility index (Phi) is 2.91. The van der Waals surface area contributed by atoms with Crippen molar-refractivity contribution in [2.45, 2.75) is 19.4 Å². The maximum absolute atomic E-state index is 10.8. The normalized spacial score (nSPS) is 17.1. The van der Waals surface area contributed by atoms with E-state index in [0.29, 0.717) is 5.56 Å². The Balaban J connectivity index is 3.02. The molecule has 2 N–H and O–H groups in total. The van der Waals surface area contributed by atoms with Gasteiger partial charge in [-0.3, -0.25) is 4.79 Å². The molecule has 14 heavy (non-hydrogen) atoms. The van der Waals surface area contributed by atoms with E-state index in [2.05, 4.69) is 0 Å². The molecule has 0 radical (unpaired) electrons. The predicted molar refractivity (Wildman–Crippen MR) is 52.8 cm³/mol. The summed E-state index contributed by atoms with van der Waals surface area (Å²) >= 11 is 0. The number of rotatable bonds is 3. The van der Waals surface area contributed by atoms with Crippen LogP contribution in [0.4, 0.5) is 0 Å². The minimum atomic E-state index is -1.33. The van der Waals surface area contributed by atoms with Crippen molar-refractivity contribution >= 4 is 5.97 Å². The van der Waals surface area contributed by atoms with Crippen molar-refractivity contribution in [2.24, 2.45) is 5.92 Å². The van der Waals surface area contributed by atoms with Gasteiger partial charge in [0.2, 0.25) is 0 Å². The Morgan fingerprint density at radius 2 is 1.86 bits per heavy atom. The maximum atomic E-state index is 10.8. The largest absolute Gasteiger partial charge is 0.481 e. The number of aliphatic hydroxyl groups is 1. The molecule has 76 valence electrons. The lowest BCUT2D eigenvalue weighted by Gasteiger charge is -2.27. The number of hydrogen-bond donors (Lipinski definition) is 2. The van der Waals surface area contributed by atoms with Gasteiger partial charge in [0.1, 0.15) is 0 Å². The van der Waals surface area contributed by atoms with Gasteiger partial charge in [0.15, 0.2) is 0 Å². The molecule has 0 aromatic heterocycles. The second-order valence-electron chi connectivity index (χ2n) is 3.57. The zero-order valence-corrected chi connectivity index (χ0v) is 8.27. The molecule has 0 bridgehead atoms. The third-order valence-corrected chi connectivity index (χ3v) is 2.57. The molecule has 0 fully saturated rings. The summed E-state index contributed by atoms with van der Waals surface area (Å²) in [7, 11) is 0. The Labute approximate surface area is 83.0 Å². The highest BCUT2D eigenvalue weighted by molar-refractivity contribution is 5.71. The quantitative estimate of drug-likeness (QED) is 0.768. The molecular weight excluding hydrogens is 180 g/mol. The summed E-state index contributed by atoms with van der Waals surface area (Å²) in [4.78, 5) is 10.8. The summed E-state index contributed by atoms with van der Waals surface area (Å²) in [6.07, 6.45) is 0. The summed E-state index contributed by atoms with van der Waals surface area (Å²) in [5, 5.41) is 18.9. The van der Waals surface area contributed by atoms with E-state index < -0.39 is 17.5 Å². The summed E-state index contributed by atoms with van der Waals surface area (Å²) in [6.45, 7) is 3.01. The van der Waals surface area contributed by atoms with Crippen LogP contribution in [-0.2, 0) is 10.4 Å². The third kappa shape index (κ3) is 1.93. The van der Waals surface area contributed by atoms with Crippen LogP contribution in [0.3, 0.4) is 0 Å². The van der Waals surface area contributed by atoms with Gasteiger partial charge in [0.25, 0.3) is 0 Å². The first-order valence-corrected chi connectivity index (χ1v) is 4.47. The highest BCUT2D eigenvalue weighted by Gasteiger charge is 2.35. The molecule has 3 heteroatoms. The van der Waals surface area contributed by atoms with Crippen LogP contribution in [0.15, 0.2) is 30.3 Å². The molecule has 1 aromatic rings. The van der Waals surface area contributed by atoms with Crippen LogP contribution in [0, 0.1) is 5.92 Å². The van der Waals surface area contributed by atoms with Gasteiger partial charge >= 0.3 is 5.97 Å². The summed E-state index contributed by atoms with van der Waals surface area (Å²) in [5.41, 5.74) is -0.706. The first-order valence-electron chi connectivity index (χ1n) is 4.47. The number of benzene rings is 1. The van der Waals surface area contributed by atoms with Crippen molar-refractivity contribution in [1.82, 2.24) is 0 Å². The zero-order chi connectivity index (χ0) is 10.8. The van der Waals surface area contributed by atoms with E-state index >= 15 is 0 Å². The fourth-order valence-corrected chi connectivity index (χ4v) is 1.27. The number of carboxylic acid groups (broad SMARTS) is 1. The minimum absolute atomic E-state index is 0.620. The average Bonchev–Trinajstić information content (AvgIpc) is 2.18. The number of carbonyl (C=O) groups is 1. The van der Waals surface area contributed by atoms with Crippen molar-refractivity contribution in [2.75, 3.05) is 0 Å². The van der Waals surface area contributed by atoms with E-state index in [1.54, 1.807) is 24.3 Å². The Bertz CT molecular complexity index is 317. The maximum Gasteiger partial charge on any atom is 0.309 e. The SMILES string of the molecule is CC(C(=O)O)C(C)(O)c1ccccc1. The van der Waals surface area contributed by atoms with Crippen molar-refractivity contribution in [1.29, 1.82) is 0 Å². The van der Waals surface area contributed by atoms with Gasteiger partial charge < -0.3 is 10.2 Å². The third-order valence-electron chi connectivity index (χ3n) is 2.57. The second kappa shape index (κ2) is 3.80. The number of hydrogen-bond acceptors (Lipinski definition) is 2. The first kappa shape index (κ1) is 10.7. The lowest BCUT2D eigenvalue weighted by molar-refractivity contribution is -0.150. The molecule has 2 unspecified atom stereocenters. The molecule has 1 aromatic carbocycles. The molecule has 0 aliphatic heterocycles. The minimum Gasteiger partial charge on any atom is -0.481 e. The molecule has 0 heterocycles. The molecular formula is C11H14O3. The lowest BCUT2D eigenvalue weighted by atomic mass is 9.84. The fourth-order valence-electron chi connectivity index (χ4n) is 1.27. The van der Waals surface area contributed by atoms with Crippen molar-refractivity contribution in [3.8, 4) is 0 Å². The van der Waals surface area contributed by atoms with Crippen molar-refractivity contribution < 1.29 is 15.0 Å². The molecule has 2 atom stereocenters. The van der Waals surface area contributed by atoms with Gasteiger partial charge in [-0.2, -0.15) is 0 Å². The molecule has 0 aliphatic rings. The first-order chi connectivity index (χ1) is 6.46. The zero-order valence-electron chi connectivity index (χ0n) is 8.27. The van der Waals surface area contributed by atoms with Crippen LogP contribution in [-0.4, -0.2) is 16.2 Å². The summed E-state index contributed by atoms with van der Waals surface area (Å²) < 4.78 is 0. The monoisotopic (exact) mass is 194 g/mol. The van der Waals surface area contributed by atoms with E-state index in [4.69, 9.17) is 5.11 Å². The Morgan fingerprint density at radius 3 is 2.29 bits per heavy atom. The smallest absolute Gasteiger partial charge is 0.309 e. The van der Waals surface area contributed by atoms with Crippen LogP contribution < -0.4 is 0 Å². The van der Waals surface area contributed by atoms with Crippen LogP contribution in [0.1, 0.15) is 19.4 Å². The number of aliphatic carboxylic acids is 1. The lowest BCUT2D eigenvalue weighted by Crippen LogP contribution is -2.35. The van der Waals surface area contributed by atoms with Gasteiger partial charge in [-0.05, 0) is 19.4 Å². The van der Waals surface area contributed by atoms with E-state index in [1.807, 2.05) is 6.07 Å². The van der Waals surface area contributed by atoms with E-state index in [9.17, 15) is 9.90 Å². The molecule has 0 saturated heterocycles. The van der Waals surface area contributed by atoms with Crippen LogP contribution >= 0.6 is 0 Å². The van der Waals surface area contributed by atoms with Gasteiger partial charge in [-0.15, -0.1) is 0 Å². The highest BCUT2D eigenvalue weighted by Crippen LogP contribution is 2.28. The van der Waals surface area contributed by atoms with Crippen LogP contribution in [0.2, 0.25) is 0 Å². The molecule has 3 nitrogen and oxygen atoms in total. The fraction of sp³-hybridized carbons (Fsp3) is 0.364. The van der Waals surface area contributed by atoms with Crippen LogP contribution in [0.25, 0.3) is 0 Å². The van der Waals surface area contributed by atoms with E-state index in [-0.39, 0.29) is 0 Å². The molecule has 0 aliphatic carbocycles. The predicted octanol–water partition coefficient (Wildman–Crippen LogP) is 1.61. The Hall–Kier alpha value is -1.35. The molecule has 0 saturated carbocycles. The van der Waals surface area contributed by atoms with E-state index in [1.165, 1.54) is 13.8 Å². The number of carboxylic acids is 1.